The zero-order chi connectivity index (χ0) is 7.68. The van der Waals surface area contributed by atoms with Crippen LogP contribution in [0.5, 0.6) is 0 Å². The molecule has 0 saturated heterocycles. The van der Waals surface area contributed by atoms with E-state index in [-0.39, 0.29) is 5.91 Å². The monoisotopic (exact) mass is 145 g/mol. The van der Waals surface area contributed by atoms with Crippen molar-refractivity contribution in [3.63, 3.8) is 0 Å². The lowest BCUT2D eigenvalue weighted by molar-refractivity contribution is -0.113. The van der Waals surface area contributed by atoms with Gasteiger partial charge in [0.05, 0.1) is 0 Å². The molecule has 0 fully saturated rings. The number of amides is 1. The average Bonchev–Trinajstić information content (AvgIpc) is 2.04. The third-order valence-electron chi connectivity index (χ3n) is 1.71. The Morgan fingerprint density at radius 1 is 1.36 bits per heavy atom. The predicted octanol–water partition coefficient (Wildman–Crippen LogP) is 1.41. The van der Waals surface area contributed by atoms with Gasteiger partial charge in [-0.2, -0.15) is 0 Å². The van der Waals surface area contributed by atoms with E-state index in [1.807, 2.05) is 12.2 Å². The van der Waals surface area contributed by atoms with Crippen LogP contribution in [-0.4, -0.2) is 12.1 Å². The average molecular weight is 145 g/mol. The molecular formula is C9H7NO. The van der Waals surface area contributed by atoms with Gasteiger partial charge >= 0.3 is 0 Å². The van der Waals surface area contributed by atoms with E-state index in [0.717, 1.165) is 17.6 Å². The molecule has 2 heteroatoms. The lowest BCUT2D eigenvalue weighted by Gasteiger charge is -2.09. The third-order valence-corrected chi connectivity index (χ3v) is 1.71. The molecule has 1 heterocycles. The number of aliphatic imine (C=N–C) groups is 1. The molecular weight excluding hydrogens is 138 g/mol. The zero-order valence-electron chi connectivity index (χ0n) is 5.95. The van der Waals surface area contributed by atoms with Gasteiger partial charge in [-0.1, -0.05) is 18.2 Å². The van der Waals surface area contributed by atoms with E-state index in [2.05, 4.69) is 11.1 Å². The van der Waals surface area contributed by atoms with Crippen molar-refractivity contribution >= 4 is 12.1 Å². The first-order valence-corrected chi connectivity index (χ1v) is 3.53. The van der Waals surface area contributed by atoms with Crippen molar-refractivity contribution in [2.45, 2.75) is 6.42 Å². The molecule has 2 nitrogen and oxygen atoms in total. The number of allylic oxidation sites excluding steroid dienone is 5. The van der Waals surface area contributed by atoms with Crippen molar-refractivity contribution in [3.05, 3.63) is 35.5 Å². The number of nitrogens with zero attached hydrogens (tertiary/aromatic N) is 1. The lowest BCUT2D eigenvalue weighted by Crippen LogP contribution is -2.03. The molecule has 0 aromatic rings. The maximum absolute atomic E-state index is 10.8. The molecule has 0 bridgehead atoms. The summed E-state index contributed by atoms with van der Waals surface area (Å²) in [5.41, 5.74) is 2.04. The molecule has 2 rings (SSSR count). The minimum absolute atomic E-state index is 0.163. The minimum atomic E-state index is -0.163. The SMILES string of the molecule is O=C1C=C2C=CCC=C2C=N1. The van der Waals surface area contributed by atoms with E-state index in [0.29, 0.717) is 0 Å². The minimum Gasteiger partial charge on any atom is -0.267 e. The first-order valence-electron chi connectivity index (χ1n) is 3.53. The fourth-order valence-corrected chi connectivity index (χ4v) is 1.17. The van der Waals surface area contributed by atoms with Crippen molar-refractivity contribution in [3.8, 4) is 0 Å². The molecule has 0 atom stereocenters. The van der Waals surface area contributed by atoms with Crippen LogP contribution in [0, 0.1) is 0 Å². The molecule has 0 aromatic carbocycles. The second-order valence-electron chi connectivity index (χ2n) is 2.49. The highest BCUT2D eigenvalue weighted by molar-refractivity contribution is 6.05. The van der Waals surface area contributed by atoms with Gasteiger partial charge in [0.25, 0.3) is 5.91 Å². The Balaban J connectivity index is 2.44. The highest BCUT2D eigenvalue weighted by Gasteiger charge is 2.09. The van der Waals surface area contributed by atoms with Crippen molar-refractivity contribution in [1.29, 1.82) is 0 Å². The summed E-state index contributed by atoms with van der Waals surface area (Å²) in [6.07, 6.45) is 10.2. The summed E-state index contributed by atoms with van der Waals surface area (Å²) in [7, 11) is 0. The number of carbonyl (C=O) groups excluding carboxylic acids is 1. The molecule has 1 aliphatic carbocycles. The van der Waals surface area contributed by atoms with E-state index < -0.39 is 0 Å². The number of carbonyl (C=O) groups is 1. The van der Waals surface area contributed by atoms with Gasteiger partial charge in [-0.25, -0.2) is 4.99 Å². The van der Waals surface area contributed by atoms with Crippen LogP contribution >= 0.6 is 0 Å². The predicted molar refractivity (Wildman–Crippen MR) is 43.4 cm³/mol. The molecule has 0 spiro atoms. The third kappa shape index (κ3) is 1.07. The summed E-state index contributed by atoms with van der Waals surface area (Å²) < 4.78 is 0. The molecule has 0 saturated carbocycles. The van der Waals surface area contributed by atoms with Gasteiger partial charge < -0.3 is 0 Å². The summed E-state index contributed by atoms with van der Waals surface area (Å²) in [5, 5.41) is 0. The van der Waals surface area contributed by atoms with Crippen molar-refractivity contribution in [1.82, 2.24) is 0 Å². The van der Waals surface area contributed by atoms with Crippen molar-refractivity contribution in [2.24, 2.45) is 4.99 Å². The molecule has 11 heavy (non-hydrogen) atoms. The Morgan fingerprint density at radius 3 is 3.18 bits per heavy atom. The molecule has 0 unspecified atom stereocenters. The van der Waals surface area contributed by atoms with E-state index in [1.54, 1.807) is 12.3 Å². The van der Waals surface area contributed by atoms with Crippen molar-refractivity contribution in [2.75, 3.05) is 0 Å². The largest absolute Gasteiger partial charge is 0.270 e. The molecule has 1 aliphatic heterocycles. The van der Waals surface area contributed by atoms with Gasteiger partial charge in [-0.05, 0) is 17.6 Å². The van der Waals surface area contributed by atoms with Crippen LogP contribution in [0.1, 0.15) is 6.42 Å². The zero-order valence-corrected chi connectivity index (χ0v) is 5.95. The highest BCUT2D eigenvalue weighted by Crippen LogP contribution is 2.18. The number of hydrogen-bond acceptors (Lipinski definition) is 1. The smallest absolute Gasteiger partial charge is 0.267 e. The van der Waals surface area contributed by atoms with Crippen LogP contribution in [0.4, 0.5) is 0 Å². The maximum Gasteiger partial charge on any atom is 0.270 e. The second-order valence-corrected chi connectivity index (χ2v) is 2.49. The first kappa shape index (κ1) is 6.28. The number of rotatable bonds is 0. The second kappa shape index (κ2) is 2.31. The fourth-order valence-electron chi connectivity index (χ4n) is 1.17. The van der Waals surface area contributed by atoms with Crippen molar-refractivity contribution < 1.29 is 4.79 Å². The standard InChI is InChI=1S/C9H7NO/c11-9-5-7-3-1-2-4-8(7)6-10-9/h1,3-6H,2H2. The highest BCUT2D eigenvalue weighted by atomic mass is 16.1. The maximum atomic E-state index is 10.8. The van der Waals surface area contributed by atoms with Gasteiger partial charge in [0.15, 0.2) is 0 Å². The summed E-state index contributed by atoms with van der Waals surface area (Å²) in [6, 6.07) is 0. The molecule has 54 valence electrons. The van der Waals surface area contributed by atoms with Gasteiger partial charge in [0.1, 0.15) is 0 Å². The van der Waals surface area contributed by atoms with E-state index >= 15 is 0 Å². The van der Waals surface area contributed by atoms with Crippen LogP contribution in [0.25, 0.3) is 0 Å². The van der Waals surface area contributed by atoms with Gasteiger partial charge in [0.2, 0.25) is 0 Å². The van der Waals surface area contributed by atoms with E-state index in [1.165, 1.54) is 0 Å². The summed E-state index contributed by atoms with van der Waals surface area (Å²) >= 11 is 0. The van der Waals surface area contributed by atoms with Gasteiger partial charge in [-0.3, -0.25) is 4.79 Å². The number of dihydropyridines is 1. The Kier molecular flexibility index (Phi) is 1.32. The Bertz CT molecular complexity index is 318. The Hall–Kier alpha value is -1.44. The van der Waals surface area contributed by atoms with Gasteiger partial charge in [0, 0.05) is 12.3 Å². The molecule has 2 aliphatic rings. The summed E-state index contributed by atoms with van der Waals surface area (Å²) in [4.78, 5) is 14.5. The summed E-state index contributed by atoms with van der Waals surface area (Å²) in [5.74, 6) is -0.163. The number of hydrogen-bond donors (Lipinski definition) is 0. The van der Waals surface area contributed by atoms with Crippen LogP contribution in [0.2, 0.25) is 0 Å². The van der Waals surface area contributed by atoms with Crippen LogP contribution in [0.15, 0.2) is 40.4 Å². The first-order chi connectivity index (χ1) is 5.36. The van der Waals surface area contributed by atoms with E-state index in [4.69, 9.17) is 0 Å². The van der Waals surface area contributed by atoms with E-state index in [9.17, 15) is 4.79 Å². The Labute approximate surface area is 64.6 Å². The molecule has 0 N–H and O–H groups in total. The molecule has 0 aromatic heterocycles. The normalized spacial score (nSPS) is 20.9. The summed E-state index contributed by atoms with van der Waals surface area (Å²) in [6.45, 7) is 0. The van der Waals surface area contributed by atoms with Crippen LogP contribution < -0.4 is 0 Å². The van der Waals surface area contributed by atoms with Crippen LogP contribution in [-0.2, 0) is 4.79 Å². The fraction of sp³-hybridized carbons (Fsp3) is 0.111. The number of fused-ring (bicyclic) bond motifs is 1. The van der Waals surface area contributed by atoms with Crippen LogP contribution in [0.3, 0.4) is 0 Å². The lowest BCUT2D eigenvalue weighted by atomic mass is 9.99. The quantitative estimate of drug-likeness (QED) is 0.506. The molecule has 0 radical (unpaired) electrons. The van der Waals surface area contributed by atoms with Gasteiger partial charge in [-0.15, -0.1) is 0 Å². The molecule has 1 amide bonds. The topological polar surface area (TPSA) is 29.4 Å². The Morgan fingerprint density at radius 2 is 2.27 bits per heavy atom.